The highest BCUT2D eigenvalue weighted by Gasteiger charge is 2.08. The number of hydrogen-bond donors (Lipinski definition) is 1. The molecule has 1 unspecified atom stereocenters. The first kappa shape index (κ1) is 14.3. The second-order valence-corrected chi connectivity index (χ2v) is 4.99. The zero-order valence-corrected chi connectivity index (χ0v) is 11.8. The van der Waals surface area contributed by atoms with Gasteiger partial charge in [-0.05, 0) is 49.9 Å². The maximum atomic E-state index is 12.0. The third-order valence-corrected chi connectivity index (χ3v) is 3.24. The SMILES string of the molecule is CC(CCCc1cccnc1)NC(=O)c1ccccc1. The highest BCUT2D eigenvalue weighted by molar-refractivity contribution is 5.94. The summed E-state index contributed by atoms with van der Waals surface area (Å²) in [5, 5.41) is 3.03. The summed E-state index contributed by atoms with van der Waals surface area (Å²) in [5.74, 6) is -0.000484. The predicted molar refractivity (Wildman–Crippen MR) is 80.5 cm³/mol. The summed E-state index contributed by atoms with van der Waals surface area (Å²) in [5.41, 5.74) is 1.96. The maximum absolute atomic E-state index is 12.0. The molecule has 3 nitrogen and oxygen atoms in total. The van der Waals surface area contributed by atoms with Crippen LogP contribution < -0.4 is 5.32 Å². The van der Waals surface area contributed by atoms with Gasteiger partial charge in [-0.25, -0.2) is 0 Å². The van der Waals surface area contributed by atoms with Crippen molar-refractivity contribution >= 4 is 5.91 Å². The van der Waals surface area contributed by atoms with Crippen molar-refractivity contribution in [1.82, 2.24) is 10.3 Å². The zero-order chi connectivity index (χ0) is 14.2. The van der Waals surface area contributed by atoms with Gasteiger partial charge in [0, 0.05) is 24.0 Å². The second kappa shape index (κ2) is 7.43. The highest BCUT2D eigenvalue weighted by atomic mass is 16.1. The van der Waals surface area contributed by atoms with Gasteiger partial charge in [0.1, 0.15) is 0 Å². The van der Waals surface area contributed by atoms with E-state index in [1.54, 1.807) is 6.20 Å². The first-order valence-corrected chi connectivity index (χ1v) is 7.00. The lowest BCUT2D eigenvalue weighted by molar-refractivity contribution is 0.0938. The summed E-state index contributed by atoms with van der Waals surface area (Å²) in [6.07, 6.45) is 6.69. The van der Waals surface area contributed by atoms with E-state index in [0.29, 0.717) is 5.56 Å². The number of aryl methyl sites for hydroxylation is 1. The number of nitrogens with one attached hydrogen (secondary N) is 1. The number of hydrogen-bond acceptors (Lipinski definition) is 2. The lowest BCUT2D eigenvalue weighted by atomic mass is 10.1. The molecule has 0 aliphatic carbocycles. The molecule has 1 aromatic carbocycles. The number of carbonyl (C=O) groups excluding carboxylic acids is 1. The number of pyridine rings is 1. The Labute approximate surface area is 120 Å². The number of carbonyl (C=O) groups is 1. The number of rotatable bonds is 6. The highest BCUT2D eigenvalue weighted by Crippen LogP contribution is 2.06. The van der Waals surface area contributed by atoms with E-state index in [9.17, 15) is 4.79 Å². The van der Waals surface area contributed by atoms with Crippen LogP contribution in [0, 0.1) is 0 Å². The van der Waals surface area contributed by atoms with Gasteiger partial charge in [-0.1, -0.05) is 24.3 Å². The third-order valence-electron chi connectivity index (χ3n) is 3.24. The van der Waals surface area contributed by atoms with E-state index in [0.717, 1.165) is 19.3 Å². The van der Waals surface area contributed by atoms with E-state index in [4.69, 9.17) is 0 Å². The molecule has 3 heteroatoms. The summed E-state index contributed by atoms with van der Waals surface area (Å²) < 4.78 is 0. The molecule has 1 aromatic heterocycles. The number of benzene rings is 1. The molecule has 0 radical (unpaired) electrons. The normalized spacial score (nSPS) is 11.8. The molecule has 0 bridgehead atoms. The minimum Gasteiger partial charge on any atom is -0.350 e. The number of amides is 1. The Kier molecular flexibility index (Phi) is 5.30. The van der Waals surface area contributed by atoms with Crippen molar-refractivity contribution in [2.24, 2.45) is 0 Å². The molecule has 0 spiro atoms. The molecule has 20 heavy (non-hydrogen) atoms. The van der Waals surface area contributed by atoms with Gasteiger partial charge in [0.2, 0.25) is 0 Å². The van der Waals surface area contributed by atoms with Crippen LogP contribution in [-0.4, -0.2) is 16.9 Å². The molecule has 1 atom stereocenters. The van der Waals surface area contributed by atoms with Crippen LogP contribution in [0.15, 0.2) is 54.9 Å². The molecule has 104 valence electrons. The Bertz CT molecular complexity index is 525. The van der Waals surface area contributed by atoms with E-state index in [-0.39, 0.29) is 11.9 Å². The van der Waals surface area contributed by atoms with E-state index < -0.39 is 0 Å². The van der Waals surface area contributed by atoms with Gasteiger partial charge in [0.05, 0.1) is 0 Å². The smallest absolute Gasteiger partial charge is 0.251 e. The van der Waals surface area contributed by atoms with E-state index in [2.05, 4.69) is 16.4 Å². The topological polar surface area (TPSA) is 42.0 Å². The Hall–Kier alpha value is -2.16. The van der Waals surface area contributed by atoms with Gasteiger partial charge < -0.3 is 5.32 Å². The Balaban J connectivity index is 1.73. The van der Waals surface area contributed by atoms with Gasteiger partial charge >= 0.3 is 0 Å². The van der Waals surface area contributed by atoms with Crippen molar-refractivity contribution < 1.29 is 4.79 Å². The summed E-state index contributed by atoms with van der Waals surface area (Å²) in [6, 6.07) is 13.5. The van der Waals surface area contributed by atoms with Gasteiger partial charge in [-0.2, -0.15) is 0 Å². The molecule has 1 heterocycles. The van der Waals surface area contributed by atoms with Gasteiger partial charge in [0.15, 0.2) is 0 Å². The lowest BCUT2D eigenvalue weighted by Gasteiger charge is -2.13. The quantitative estimate of drug-likeness (QED) is 0.874. The lowest BCUT2D eigenvalue weighted by Crippen LogP contribution is -2.32. The molecule has 1 N–H and O–H groups in total. The van der Waals surface area contributed by atoms with Crippen LogP contribution in [0.5, 0.6) is 0 Å². The summed E-state index contributed by atoms with van der Waals surface area (Å²) in [7, 11) is 0. The largest absolute Gasteiger partial charge is 0.350 e. The van der Waals surface area contributed by atoms with E-state index in [1.807, 2.05) is 49.5 Å². The Morgan fingerprint density at radius 3 is 2.70 bits per heavy atom. The first-order chi connectivity index (χ1) is 9.75. The monoisotopic (exact) mass is 268 g/mol. The van der Waals surface area contributed by atoms with Crippen LogP contribution in [0.3, 0.4) is 0 Å². The molecular weight excluding hydrogens is 248 g/mol. The molecule has 2 rings (SSSR count). The van der Waals surface area contributed by atoms with Crippen molar-refractivity contribution in [3.8, 4) is 0 Å². The summed E-state index contributed by atoms with van der Waals surface area (Å²) >= 11 is 0. The number of nitrogens with zero attached hydrogens (tertiary/aromatic N) is 1. The van der Waals surface area contributed by atoms with Crippen LogP contribution in [0.4, 0.5) is 0 Å². The van der Waals surface area contributed by atoms with Crippen LogP contribution in [0.2, 0.25) is 0 Å². The molecule has 0 aliphatic heterocycles. The molecule has 0 aliphatic rings. The number of aromatic nitrogens is 1. The van der Waals surface area contributed by atoms with Crippen molar-refractivity contribution in [2.75, 3.05) is 0 Å². The molecule has 0 fully saturated rings. The average Bonchev–Trinajstić information content (AvgIpc) is 2.49. The first-order valence-electron chi connectivity index (χ1n) is 7.00. The van der Waals surface area contributed by atoms with Crippen molar-refractivity contribution in [1.29, 1.82) is 0 Å². The maximum Gasteiger partial charge on any atom is 0.251 e. The van der Waals surface area contributed by atoms with Crippen molar-refractivity contribution in [2.45, 2.75) is 32.2 Å². The molecule has 0 saturated carbocycles. The third kappa shape index (κ3) is 4.50. The van der Waals surface area contributed by atoms with Crippen LogP contribution in [-0.2, 0) is 6.42 Å². The average molecular weight is 268 g/mol. The Morgan fingerprint density at radius 1 is 1.20 bits per heavy atom. The predicted octanol–water partition coefficient (Wildman–Crippen LogP) is 3.22. The van der Waals surface area contributed by atoms with Gasteiger partial charge in [0.25, 0.3) is 5.91 Å². The van der Waals surface area contributed by atoms with Gasteiger partial charge in [-0.3, -0.25) is 9.78 Å². The van der Waals surface area contributed by atoms with Crippen molar-refractivity contribution in [3.05, 3.63) is 66.0 Å². The fourth-order valence-electron chi connectivity index (χ4n) is 2.13. The molecule has 0 saturated heterocycles. The van der Waals surface area contributed by atoms with Crippen LogP contribution >= 0.6 is 0 Å². The zero-order valence-electron chi connectivity index (χ0n) is 11.8. The standard InChI is InChI=1S/C17H20N2O/c1-14(7-5-8-15-9-6-12-18-13-15)19-17(20)16-10-3-2-4-11-16/h2-4,6,9-14H,5,7-8H2,1H3,(H,19,20). The Morgan fingerprint density at radius 2 is 2.00 bits per heavy atom. The van der Waals surface area contributed by atoms with Gasteiger partial charge in [-0.15, -0.1) is 0 Å². The summed E-state index contributed by atoms with van der Waals surface area (Å²) in [6.45, 7) is 2.05. The van der Waals surface area contributed by atoms with Crippen LogP contribution in [0.1, 0.15) is 35.7 Å². The van der Waals surface area contributed by atoms with Crippen molar-refractivity contribution in [3.63, 3.8) is 0 Å². The van der Waals surface area contributed by atoms with E-state index in [1.165, 1.54) is 5.56 Å². The minimum absolute atomic E-state index is 0.000484. The molecular formula is C17H20N2O. The van der Waals surface area contributed by atoms with Crippen LogP contribution in [0.25, 0.3) is 0 Å². The summed E-state index contributed by atoms with van der Waals surface area (Å²) in [4.78, 5) is 16.1. The second-order valence-electron chi connectivity index (χ2n) is 4.99. The molecule has 2 aromatic rings. The fourth-order valence-corrected chi connectivity index (χ4v) is 2.13. The minimum atomic E-state index is -0.000484. The molecule has 1 amide bonds. The van der Waals surface area contributed by atoms with E-state index >= 15 is 0 Å². The fraction of sp³-hybridized carbons (Fsp3) is 0.294.